The van der Waals surface area contributed by atoms with Crippen LogP contribution in [0.15, 0.2) is 0 Å². The van der Waals surface area contributed by atoms with Crippen molar-refractivity contribution in [2.24, 2.45) is 0 Å². The van der Waals surface area contributed by atoms with Crippen LogP contribution in [0.25, 0.3) is 0 Å². The van der Waals surface area contributed by atoms with Crippen LogP contribution in [0.3, 0.4) is 0 Å². The lowest BCUT2D eigenvalue weighted by Gasteiger charge is -2.18. The molecule has 0 heterocycles. The maximum absolute atomic E-state index is 10.7. The topological polar surface area (TPSA) is 26.3 Å². The number of carbonyl (C=O) groups is 1. The van der Waals surface area contributed by atoms with Gasteiger partial charge in [0.1, 0.15) is 6.10 Å². The Bertz CT molecular complexity index is 159. The molecule has 1 aliphatic carbocycles. The number of carbonyl (C=O) groups excluding carboxylic acids is 1. The van der Waals surface area contributed by atoms with Crippen LogP contribution in [0, 0.1) is 0 Å². The summed E-state index contributed by atoms with van der Waals surface area (Å²) in [5.74, 6) is -0.215. The molecular formula is C9H15ClO2. The van der Waals surface area contributed by atoms with Crippen LogP contribution in [-0.2, 0) is 9.53 Å². The fraction of sp³-hybridized carbons (Fsp3) is 0.889. The van der Waals surface area contributed by atoms with Crippen molar-refractivity contribution in [2.75, 3.05) is 0 Å². The van der Waals surface area contributed by atoms with Gasteiger partial charge in [0.05, 0.1) is 5.38 Å². The molecule has 0 aromatic rings. The minimum absolute atomic E-state index is 0.0244. The number of rotatable bonds is 1. The zero-order chi connectivity index (χ0) is 8.97. The number of hydrogen-bond acceptors (Lipinski definition) is 2. The van der Waals surface area contributed by atoms with E-state index in [-0.39, 0.29) is 17.5 Å². The molecule has 0 amide bonds. The molecule has 1 rings (SSSR count). The molecule has 2 nitrogen and oxygen atoms in total. The highest BCUT2D eigenvalue weighted by molar-refractivity contribution is 6.21. The third-order valence-corrected chi connectivity index (χ3v) is 2.69. The van der Waals surface area contributed by atoms with Crippen molar-refractivity contribution >= 4 is 17.6 Å². The average Bonchev–Trinajstić information content (AvgIpc) is 2.16. The van der Waals surface area contributed by atoms with Crippen LogP contribution in [0.4, 0.5) is 0 Å². The smallest absolute Gasteiger partial charge is 0.302 e. The van der Waals surface area contributed by atoms with Crippen molar-refractivity contribution in [3.8, 4) is 0 Å². The number of alkyl halides is 1. The van der Waals surface area contributed by atoms with Crippen LogP contribution in [0.2, 0.25) is 0 Å². The van der Waals surface area contributed by atoms with Crippen LogP contribution >= 0.6 is 11.6 Å². The largest absolute Gasteiger partial charge is 0.461 e. The summed E-state index contributed by atoms with van der Waals surface area (Å²) in [6.07, 6.45) is 5.34. The van der Waals surface area contributed by atoms with E-state index in [0.29, 0.717) is 0 Å². The van der Waals surface area contributed by atoms with Gasteiger partial charge in [0, 0.05) is 6.92 Å². The Labute approximate surface area is 78.2 Å². The van der Waals surface area contributed by atoms with Gasteiger partial charge in [0.2, 0.25) is 0 Å². The Morgan fingerprint density at radius 3 is 2.67 bits per heavy atom. The van der Waals surface area contributed by atoms with Crippen LogP contribution in [0.1, 0.15) is 39.0 Å². The highest BCUT2D eigenvalue weighted by Crippen LogP contribution is 2.24. The second kappa shape index (κ2) is 4.70. The predicted octanol–water partition coefficient (Wildman–Crippen LogP) is 2.49. The summed E-state index contributed by atoms with van der Waals surface area (Å²) >= 11 is 6.05. The lowest BCUT2D eigenvalue weighted by molar-refractivity contribution is -0.146. The van der Waals surface area contributed by atoms with E-state index in [1.54, 1.807) is 0 Å². The van der Waals surface area contributed by atoms with Crippen molar-refractivity contribution in [1.29, 1.82) is 0 Å². The molecule has 0 aromatic carbocycles. The third-order valence-electron chi connectivity index (χ3n) is 2.19. The second-order valence-corrected chi connectivity index (χ2v) is 3.86. The minimum atomic E-state index is -0.215. The first kappa shape index (κ1) is 9.85. The summed E-state index contributed by atoms with van der Waals surface area (Å²) in [6.45, 7) is 1.44. The Morgan fingerprint density at radius 1 is 1.33 bits per heavy atom. The van der Waals surface area contributed by atoms with E-state index in [1.807, 2.05) is 0 Å². The molecule has 0 saturated heterocycles. The zero-order valence-electron chi connectivity index (χ0n) is 7.38. The van der Waals surface area contributed by atoms with Crippen molar-refractivity contribution in [3.63, 3.8) is 0 Å². The monoisotopic (exact) mass is 190 g/mol. The van der Waals surface area contributed by atoms with Gasteiger partial charge >= 0.3 is 5.97 Å². The molecule has 3 heteroatoms. The van der Waals surface area contributed by atoms with Crippen LogP contribution < -0.4 is 0 Å². The molecule has 1 aliphatic rings. The SMILES string of the molecule is CC(=O)OC1CCCCCC1Cl. The van der Waals surface area contributed by atoms with E-state index in [2.05, 4.69) is 0 Å². The molecule has 1 saturated carbocycles. The fourth-order valence-electron chi connectivity index (χ4n) is 1.57. The molecule has 70 valence electrons. The molecular weight excluding hydrogens is 176 g/mol. The summed E-state index contributed by atoms with van der Waals surface area (Å²) in [6, 6.07) is 0. The van der Waals surface area contributed by atoms with Gasteiger partial charge in [-0.15, -0.1) is 11.6 Å². The van der Waals surface area contributed by atoms with E-state index < -0.39 is 0 Å². The molecule has 0 aromatic heterocycles. The normalized spacial score (nSPS) is 30.8. The quantitative estimate of drug-likeness (QED) is 0.361. The van der Waals surface area contributed by atoms with Crippen LogP contribution in [-0.4, -0.2) is 17.5 Å². The molecule has 0 spiro atoms. The van der Waals surface area contributed by atoms with Gasteiger partial charge in [0.15, 0.2) is 0 Å². The summed E-state index contributed by atoms with van der Waals surface area (Å²) in [5, 5.41) is 0.0244. The average molecular weight is 191 g/mol. The van der Waals surface area contributed by atoms with Crippen molar-refractivity contribution in [3.05, 3.63) is 0 Å². The number of halogens is 1. The Balaban J connectivity index is 2.41. The molecule has 0 N–H and O–H groups in total. The lowest BCUT2D eigenvalue weighted by atomic mass is 10.1. The van der Waals surface area contributed by atoms with Crippen molar-refractivity contribution in [1.82, 2.24) is 0 Å². The van der Waals surface area contributed by atoms with Gasteiger partial charge in [-0.1, -0.05) is 12.8 Å². The van der Waals surface area contributed by atoms with E-state index in [0.717, 1.165) is 25.7 Å². The van der Waals surface area contributed by atoms with Gasteiger partial charge in [-0.2, -0.15) is 0 Å². The molecule has 12 heavy (non-hydrogen) atoms. The van der Waals surface area contributed by atoms with Gasteiger partial charge in [-0.05, 0) is 19.3 Å². The maximum atomic E-state index is 10.7. The second-order valence-electron chi connectivity index (χ2n) is 3.30. The highest BCUT2D eigenvalue weighted by atomic mass is 35.5. The van der Waals surface area contributed by atoms with Gasteiger partial charge < -0.3 is 4.74 Å². The van der Waals surface area contributed by atoms with Gasteiger partial charge in [0.25, 0.3) is 0 Å². The van der Waals surface area contributed by atoms with E-state index in [4.69, 9.17) is 16.3 Å². The zero-order valence-corrected chi connectivity index (χ0v) is 8.14. The standard InChI is InChI=1S/C9H15ClO2/c1-7(11)12-9-6-4-2-3-5-8(9)10/h8-9H,2-6H2,1H3. The Kier molecular flexibility index (Phi) is 3.86. The first-order valence-electron chi connectivity index (χ1n) is 4.51. The first-order chi connectivity index (χ1) is 5.70. The summed E-state index contributed by atoms with van der Waals surface area (Å²) < 4.78 is 5.11. The van der Waals surface area contributed by atoms with Crippen molar-refractivity contribution < 1.29 is 9.53 Å². The highest BCUT2D eigenvalue weighted by Gasteiger charge is 2.23. The fourth-order valence-corrected chi connectivity index (χ4v) is 1.91. The summed E-state index contributed by atoms with van der Waals surface area (Å²) in [4.78, 5) is 10.7. The van der Waals surface area contributed by atoms with E-state index >= 15 is 0 Å². The van der Waals surface area contributed by atoms with Crippen LogP contribution in [0.5, 0.6) is 0 Å². The van der Waals surface area contributed by atoms with E-state index in [1.165, 1.54) is 13.3 Å². The summed E-state index contributed by atoms with van der Waals surface area (Å²) in [7, 11) is 0. The molecule has 2 unspecified atom stereocenters. The first-order valence-corrected chi connectivity index (χ1v) is 4.95. The van der Waals surface area contributed by atoms with Crippen molar-refractivity contribution in [2.45, 2.75) is 50.5 Å². The predicted molar refractivity (Wildman–Crippen MR) is 48.3 cm³/mol. The van der Waals surface area contributed by atoms with Gasteiger partial charge in [-0.25, -0.2) is 0 Å². The molecule has 2 atom stereocenters. The minimum Gasteiger partial charge on any atom is -0.461 e. The number of hydrogen-bond donors (Lipinski definition) is 0. The number of esters is 1. The number of ether oxygens (including phenoxy) is 1. The molecule has 0 bridgehead atoms. The molecule has 1 fully saturated rings. The third kappa shape index (κ3) is 3.02. The Morgan fingerprint density at radius 2 is 2.00 bits per heavy atom. The maximum Gasteiger partial charge on any atom is 0.302 e. The summed E-state index contributed by atoms with van der Waals surface area (Å²) in [5.41, 5.74) is 0. The van der Waals surface area contributed by atoms with E-state index in [9.17, 15) is 4.79 Å². The van der Waals surface area contributed by atoms with Gasteiger partial charge in [-0.3, -0.25) is 4.79 Å². The Hall–Kier alpha value is -0.240. The molecule has 0 aliphatic heterocycles. The lowest BCUT2D eigenvalue weighted by Crippen LogP contribution is -2.25. The molecule has 0 radical (unpaired) electrons.